The Bertz CT molecular complexity index is 225. The van der Waals surface area contributed by atoms with Gasteiger partial charge in [-0.15, -0.1) is 0 Å². The summed E-state index contributed by atoms with van der Waals surface area (Å²) >= 11 is 0. The first-order valence-corrected chi connectivity index (χ1v) is 3.58. The lowest BCUT2D eigenvalue weighted by molar-refractivity contribution is 0.453. The normalized spacial score (nSPS) is 9.27. The molecule has 1 radical (unpaired) electrons. The van der Waals surface area contributed by atoms with Gasteiger partial charge >= 0.3 is 7.69 Å². The van der Waals surface area contributed by atoms with Crippen LogP contribution in [0.3, 0.4) is 0 Å². The zero-order chi connectivity index (χ0) is 8.10. The fourth-order valence-electron chi connectivity index (χ4n) is 0.900. The van der Waals surface area contributed by atoms with Gasteiger partial charge in [-0.2, -0.15) is 0 Å². The van der Waals surface area contributed by atoms with Gasteiger partial charge in [0.2, 0.25) is 0 Å². The molecule has 3 heteroatoms. The quantitative estimate of drug-likeness (QED) is 0.653. The van der Waals surface area contributed by atoms with Crippen LogP contribution in [0.1, 0.15) is 12.5 Å². The number of hydrogen-bond donors (Lipinski definition) is 1. The summed E-state index contributed by atoms with van der Waals surface area (Å²) in [5.41, 5.74) is 1.20. The van der Waals surface area contributed by atoms with Crippen LogP contribution in [0.4, 0.5) is 0 Å². The summed E-state index contributed by atoms with van der Waals surface area (Å²) in [5.74, 6) is 0.673. The van der Waals surface area contributed by atoms with E-state index in [1.807, 2.05) is 18.2 Å². The van der Waals surface area contributed by atoms with Gasteiger partial charge in [0, 0.05) is 0 Å². The van der Waals surface area contributed by atoms with Crippen molar-refractivity contribution in [1.29, 1.82) is 0 Å². The van der Waals surface area contributed by atoms with Crippen molar-refractivity contribution in [2.45, 2.75) is 13.3 Å². The van der Waals surface area contributed by atoms with Crippen molar-refractivity contribution < 1.29 is 9.68 Å². The molecule has 0 bridgehead atoms. The highest BCUT2D eigenvalue weighted by atomic mass is 16.5. The second-order valence-corrected chi connectivity index (χ2v) is 2.22. The molecule has 0 unspecified atom stereocenters. The maximum absolute atomic E-state index is 8.34. The van der Waals surface area contributed by atoms with E-state index in [1.54, 1.807) is 6.07 Å². The Morgan fingerprint density at radius 1 is 1.55 bits per heavy atom. The van der Waals surface area contributed by atoms with Crippen LogP contribution >= 0.6 is 0 Å². The average molecular weight is 149 g/mol. The van der Waals surface area contributed by atoms with Gasteiger partial charge in [0.25, 0.3) is 0 Å². The zero-order valence-corrected chi connectivity index (χ0v) is 6.45. The Morgan fingerprint density at radius 2 is 2.36 bits per heavy atom. The van der Waals surface area contributed by atoms with E-state index >= 15 is 0 Å². The molecule has 1 aromatic rings. The molecule has 0 amide bonds. The van der Waals surface area contributed by atoms with Crippen molar-refractivity contribution in [3.8, 4) is 5.75 Å². The standard InChI is InChI=1S/C8H10BO2/c1-2-7-4-3-5-8(6-7)11-9-10/h3-6,10H,2H2,1H3. The molecular weight excluding hydrogens is 139 g/mol. The van der Waals surface area contributed by atoms with Crippen LogP contribution in [0.2, 0.25) is 0 Å². The van der Waals surface area contributed by atoms with E-state index < -0.39 is 0 Å². The summed E-state index contributed by atoms with van der Waals surface area (Å²) < 4.78 is 4.78. The molecule has 1 aromatic carbocycles. The third kappa shape index (κ3) is 2.28. The van der Waals surface area contributed by atoms with Gasteiger partial charge in [-0.05, 0) is 24.1 Å². The second-order valence-electron chi connectivity index (χ2n) is 2.22. The van der Waals surface area contributed by atoms with Gasteiger partial charge in [0.05, 0.1) is 0 Å². The summed E-state index contributed by atoms with van der Waals surface area (Å²) in [4.78, 5) is 0. The monoisotopic (exact) mass is 149 g/mol. The van der Waals surface area contributed by atoms with Crippen LogP contribution in [0.15, 0.2) is 24.3 Å². The van der Waals surface area contributed by atoms with E-state index in [9.17, 15) is 0 Å². The predicted molar refractivity (Wildman–Crippen MR) is 44.4 cm³/mol. The largest absolute Gasteiger partial charge is 0.569 e. The first kappa shape index (κ1) is 8.14. The minimum Gasteiger partial charge on any atom is -0.537 e. The molecule has 0 fully saturated rings. The molecule has 0 aliphatic rings. The summed E-state index contributed by atoms with van der Waals surface area (Å²) in [5, 5.41) is 8.34. The van der Waals surface area contributed by atoms with Crippen molar-refractivity contribution in [3.05, 3.63) is 29.8 Å². The molecule has 0 aliphatic heterocycles. The lowest BCUT2D eigenvalue weighted by atomic mass is 10.1. The smallest absolute Gasteiger partial charge is 0.537 e. The molecular formula is C8H10BO2. The van der Waals surface area contributed by atoms with Gasteiger partial charge in [-0.3, -0.25) is 0 Å². The summed E-state index contributed by atoms with van der Waals surface area (Å²) in [7, 11) is 0.689. The lowest BCUT2D eigenvalue weighted by Crippen LogP contribution is -1.99. The minimum absolute atomic E-state index is 0.673. The van der Waals surface area contributed by atoms with E-state index in [2.05, 4.69) is 6.92 Å². The minimum atomic E-state index is 0.673. The lowest BCUT2D eigenvalue weighted by Gasteiger charge is -2.02. The molecule has 57 valence electrons. The zero-order valence-electron chi connectivity index (χ0n) is 6.45. The van der Waals surface area contributed by atoms with Crippen LogP contribution in [-0.4, -0.2) is 12.7 Å². The van der Waals surface area contributed by atoms with E-state index in [-0.39, 0.29) is 0 Å². The maximum Gasteiger partial charge on any atom is 0.569 e. The molecule has 11 heavy (non-hydrogen) atoms. The number of aryl methyl sites for hydroxylation is 1. The highest BCUT2D eigenvalue weighted by molar-refractivity contribution is 6.17. The number of hydrogen-bond acceptors (Lipinski definition) is 2. The van der Waals surface area contributed by atoms with Crippen LogP contribution in [0.25, 0.3) is 0 Å². The van der Waals surface area contributed by atoms with E-state index in [0.717, 1.165) is 6.42 Å². The van der Waals surface area contributed by atoms with Gasteiger partial charge in [-0.25, -0.2) is 0 Å². The van der Waals surface area contributed by atoms with Gasteiger partial charge in [0.15, 0.2) is 0 Å². The molecule has 0 aromatic heterocycles. The van der Waals surface area contributed by atoms with E-state index in [1.165, 1.54) is 5.56 Å². The van der Waals surface area contributed by atoms with Crippen LogP contribution < -0.4 is 4.65 Å². The third-order valence-electron chi connectivity index (χ3n) is 1.50. The van der Waals surface area contributed by atoms with Crippen molar-refractivity contribution in [2.75, 3.05) is 0 Å². The van der Waals surface area contributed by atoms with Crippen molar-refractivity contribution >= 4 is 7.69 Å². The maximum atomic E-state index is 8.34. The molecule has 0 saturated heterocycles. The van der Waals surface area contributed by atoms with Gasteiger partial charge < -0.3 is 9.68 Å². The van der Waals surface area contributed by atoms with E-state index in [4.69, 9.17) is 9.68 Å². The first-order chi connectivity index (χ1) is 5.36. The predicted octanol–water partition coefficient (Wildman–Crippen LogP) is 1.15. The summed E-state index contributed by atoms with van der Waals surface area (Å²) in [6, 6.07) is 7.61. The number of benzene rings is 1. The molecule has 0 spiro atoms. The SMILES string of the molecule is CCc1cccc(O[B]O)c1. The van der Waals surface area contributed by atoms with Crippen molar-refractivity contribution in [1.82, 2.24) is 0 Å². The molecule has 1 rings (SSSR count). The van der Waals surface area contributed by atoms with Crippen LogP contribution in [0, 0.1) is 0 Å². The fourth-order valence-corrected chi connectivity index (χ4v) is 0.900. The molecule has 0 aliphatic carbocycles. The molecule has 0 atom stereocenters. The first-order valence-electron chi connectivity index (χ1n) is 3.58. The Labute approximate surface area is 67.1 Å². The highest BCUT2D eigenvalue weighted by Crippen LogP contribution is 2.12. The Morgan fingerprint density at radius 3 is 3.00 bits per heavy atom. The Balaban J connectivity index is 2.74. The van der Waals surface area contributed by atoms with E-state index in [0.29, 0.717) is 13.4 Å². The topological polar surface area (TPSA) is 29.5 Å². The van der Waals surface area contributed by atoms with Gasteiger partial charge in [0.1, 0.15) is 5.75 Å². The van der Waals surface area contributed by atoms with Crippen molar-refractivity contribution in [3.63, 3.8) is 0 Å². The summed E-state index contributed by atoms with van der Waals surface area (Å²) in [6.07, 6.45) is 0.975. The molecule has 2 nitrogen and oxygen atoms in total. The third-order valence-corrected chi connectivity index (χ3v) is 1.50. The van der Waals surface area contributed by atoms with Gasteiger partial charge in [-0.1, -0.05) is 19.1 Å². The summed E-state index contributed by atoms with van der Waals surface area (Å²) in [6.45, 7) is 2.07. The highest BCUT2D eigenvalue weighted by Gasteiger charge is 1.94. The molecule has 0 heterocycles. The van der Waals surface area contributed by atoms with Crippen LogP contribution in [0.5, 0.6) is 5.75 Å². The molecule has 0 saturated carbocycles. The number of rotatable bonds is 3. The Kier molecular flexibility index (Phi) is 2.99. The Hall–Kier alpha value is -0.955. The fraction of sp³-hybridized carbons (Fsp3) is 0.250. The molecule has 1 N–H and O–H groups in total. The van der Waals surface area contributed by atoms with Crippen LogP contribution in [-0.2, 0) is 6.42 Å². The second kappa shape index (κ2) is 4.03. The average Bonchev–Trinajstić information content (AvgIpc) is 2.06. The van der Waals surface area contributed by atoms with Crippen molar-refractivity contribution in [2.24, 2.45) is 0 Å².